The van der Waals surface area contributed by atoms with Gasteiger partial charge in [0.25, 0.3) is 0 Å². The molecule has 2 amide bonds. The van der Waals surface area contributed by atoms with Crippen LogP contribution in [0.3, 0.4) is 0 Å². The van der Waals surface area contributed by atoms with Crippen LogP contribution in [0.2, 0.25) is 0 Å². The lowest BCUT2D eigenvalue weighted by Gasteiger charge is -2.15. The number of ether oxygens (including phenoxy) is 2. The van der Waals surface area contributed by atoms with E-state index >= 15 is 0 Å². The molecule has 0 spiro atoms. The van der Waals surface area contributed by atoms with Gasteiger partial charge in [-0.05, 0) is 6.42 Å². The second-order valence-corrected chi connectivity index (χ2v) is 4.30. The number of carbonyl (C=O) groups is 4. The van der Waals surface area contributed by atoms with Crippen molar-refractivity contribution in [1.29, 1.82) is 0 Å². The number of imide groups is 1. The summed E-state index contributed by atoms with van der Waals surface area (Å²) >= 11 is 0. The number of amides is 2. The Morgan fingerprint density at radius 2 is 1.79 bits per heavy atom. The number of rotatable bonds is 5. The lowest BCUT2D eigenvalue weighted by molar-refractivity contribution is -0.146. The van der Waals surface area contributed by atoms with Crippen LogP contribution in [0.4, 0.5) is 0 Å². The molecule has 2 fully saturated rings. The normalized spacial score (nSPS) is 24.6. The standard InChI is InChI=1S/C12H13NO6/c1-18-9(14)2-3-10(15)19-5-4-13-11(16)7-6-8(7)12(13)17/h2-3,7-8H,4-6H2,1H3/b3-2+. The van der Waals surface area contributed by atoms with Crippen LogP contribution in [-0.4, -0.2) is 48.9 Å². The summed E-state index contributed by atoms with van der Waals surface area (Å²) in [6, 6.07) is 0. The molecule has 0 aromatic carbocycles. The molecule has 2 rings (SSSR count). The largest absolute Gasteiger partial charge is 0.466 e. The maximum atomic E-state index is 11.6. The Kier molecular flexibility index (Phi) is 3.64. The molecule has 0 aromatic rings. The number of carbonyl (C=O) groups excluding carboxylic acids is 4. The first-order valence-electron chi connectivity index (χ1n) is 5.82. The molecule has 1 heterocycles. The average Bonchev–Trinajstić information content (AvgIpc) is 3.15. The van der Waals surface area contributed by atoms with Gasteiger partial charge in [-0.25, -0.2) is 9.59 Å². The number of hydrogen-bond acceptors (Lipinski definition) is 6. The van der Waals surface area contributed by atoms with Gasteiger partial charge in [-0.3, -0.25) is 14.5 Å². The molecule has 0 aromatic heterocycles. The molecule has 19 heavy (non-hydrogen) atoms. The van der Waals surface area contributed by atoms with E-state index in [0.29, 0.717) is 6.42 Å². The Balaban J connectivity index is 1.71. The SMILES string of the molecule is COC(=O)/C=C/C(=O)OCCN1C(=O)C2CC2C1=O. The minimum absolute atomic E-state index is 0.0580. The lowest BCUT2D eigenvalue weighted by atomic mass is 10.4. The quantitative estimate of drug-likeness (QED) is 0.370. The van der Waals surface area contributed by atoms with Crippen molar-refractivity contribution in [2.24, 2.45) is 11.8 Å². The molecule has 2 atom stereocenters. The highest BCUT2D eigenvalue weighted by Crippen LogP contribution is 2.46. The van der Waals surface area contributed by atoms with Crippen LogP contribution in [0, 0.1) is 11.8 Å². The number of methoxy groups -OCH3 is 1. The van der Waals surface area contributed by atoms with E-state index in [1.54, 1.807) is 0 Å². The minimum Gasteiger partial charge on any atom is -0.466 e. The number of esters is 2. The van der Waals surface area contributed by atoms with Crippen molar-refractivity contribution in [1.82, 2.24) is 4.90 Å². The smallest absolute Gasteiger partial charge is 0.331 e. The van der Waals surface area contributed by atoms with Crippen molar-refractivity contribution in [3.63, 3.8) is 0 Å². The molecule has 2 aliphatic rings. The zero-order chi connectivity index (χ0) is 14.0. The molecule has 0 N–H and O–H groups in total. The van der Waals surface area contributed by atoms with Gasteiger partial charge >= 0.3 is 11.9 Å². The van der Waals surface area contributed by atoms with Gasteiger partial charge in [0.15, 0.2) is 0 Å². The fraction of sp³-hybridized carbons (Fsp3) is 0.500. The second kappa shape index (κ2) is 5.21. The third-order valence-electron chi connectivity index (χ3n) is 3.07. The highest BCUT2D eigenvalue weighted by molar-refractivity contribution is 6.08. The van der Waals surface area contributed by atoms with Crippen LogP contribution in [0.25, 0.3) is 0 Å². The number of hydrogen-bond donors (Lipinski definition) is 0. The number of likely N-dealkylation sites (tertiary alicyclic amines) is 1. The van der Waals surface area contributed by atoms with Crippen molar-refractivity contribution in [2.45, 2.75) is 6.42 Å². The fourth-order valence-corrected chi connectivity index (χ4v) is 1.96. The van der Waals surface area contributed by atoms with Crippen LogP contribution >= 0.6 is 0 Å². The summed E-state index contributed by atoms with van der Waals surface area (Å²) in [6.45, 7) is -0.0241. The fourth-order valence-electron chi connectivity index (χ4n) is 1.96. The molecule has 2 unspecified atom stereocenters. The monoisotopic (exact) mass is 267 g/mol. The van der Waals surface area contributed by atoms with Crippen molar-refractivity contribution < 1.29 is 28.7 Å². The van der Waals surface area contributed by atoms with Crippen LogP contribution < -0.4 is 0 Å². The van der Waals surface area contributed by atoms with E-state index in [1.807, 2.05) is 0 Å². The molecular formula is C12H13NO6. The van der Waals surface area contributed by atoms with E-state index in [2.05, 4.69) is 4.74 Å². The maximum Gasteiger partial charge on any atom is 0.331 e. The van der Waals surface area contributed by atoms with Gasteiger partial charge in [0, 0.05) is 12.2 Å². The van der Waals surface area contributed by atoms with Crippen molar-refractivity contribution in [2.75, 3.05) is 20.3 Å². The Labute approximate surface area is 109 Å². The predicted molar refractivity (Wildman–Crippen MR) is 60.4 cm³/mol. The Morgan fingerprint density at radius 1 is 1.21 bits per heavy atom. The van der Waals surface area contributed by atoms with Crippen LogP contribution in [0.1, 0.15) is 6.42 Å². The number of nitrogens with zero attached hydrogens (tertiary/aromatic N) is 1. The summed E-state index contributed by atoms with van der Waals surface area (Å²) in [5, 5.41) is 0. The molecule has 7 heteroatoms. The molecule has 7 nitrogen and oxygen atoms in total. The summed E-state index contributed by atoms with van der Waals surface area (Å²) in [7, 11) is 1.19. The van der Waals surface area contributed by atoms with Gasteiger partial charge in [0.2, 0.25) is 11.8 Å². The minimum atomic E-state index is -0.727. The topological polar surface area (TPSA) is 90.0 Å². The third kappa shape index (κ3) is 2.81. The first-order valence-corrected chi connectivity index (χ1v) is 5.82. The number of piperidine rings is 1. The number of fused-ring (bicyclic) bond motifs is 1. The molecule has 102 valence electrons. The van der Waals surface area contributed by atoms with Gasteiger partial charge in [0.1, 0.15) is 6.61 Å². The summed E-state index contributed by atoms with van der Waals surface area (Å²) in [6.07, 6.45) is 2.51. The first kappa shape index (κ1) is 13.3. The molecule has 1 aliphatic heterocycles. The molecule has 0 radical (unpaired) electrons. The van der Waals surface area contributed by atoms with E-state index < -0.39 is 11.9 Å². The maximum absolute atomic E-state index is 11.6. The molecular weight excluding hydrogens is 254 g/mol. The van der Waals surface area contributed by atoms with Crippen molar-refractivity contribution in [3.8, 4) is 0 Å². The van der Waals surface area contributed by atoms with Gasteiger partial charge in [-0.1, -0.05) is 0 Å². The van der Waals surface area contributed by atoms with E-state index in [4.69, 9.17) is 4.74 Å². The lowest BCUT2D eigenvalue weighted by Crippen LogP contribution is -2.36. The van der Waals surface area contributed by atoms with E-state index in [9.17, 15) is 19.2 Å². The predicted octanol–water partition coefficient (Wildman–Crippen LogP) is -0.736. The zero-order valence-electron chi connectivity index (χ0n) is 10.3. The second-order valence-electron chi connectivity index (χ2n) is 4.30. The van der Waals surface area contributed by atoms with Gasteiger partial charge in [0.05, 0.1) is 25.5 Å². The van der Waals surface area contributed by atoms with Gasteiger partial charge in [-0.15, -0.1) is 0 Å². The summed E-state index contributed by atoms with van der Waals surface area (Å²) in [5.41, 5.74) is 0. The summed E-state index contributed by atoms with van der Waals surface area (Å²) < 4.78 is 9.07. The molecule has 0 bridgehead atoms. The van der Waals surface area contributed by atoms with E-state index in [0.717, 1.165) is 17.1 Å². The Bertz CT molecular complexity index is 449. The van der Waals surface area contributed by atoms with Crippen molar-refractivity contribution >= 4 is 23.8 Å². The first-order chi connectivity index (χ1) is 9.04. The molecule has 1 saturated carbocycles. The highest BCUT2D eigenvalue weighted by atomic mass is 16.5. The third-order valence-corrected chi connectivity index (χ3v) is 3.07. The van der Waals surface area contributed by atoms with Crippen LogP contribution in [0.5, 0.6) is 0 Å². The Hall–Kier alpha value is -2.18. The zero-order valence-corrected chi connectivity index (χ0v) is 10.3. The summed E-state index contributed by atoms with van der Waals surface area (Å²) in [4.78, 5) is 46.2. The highest BCUT2D eigenvalue weighted by Gasteiger charge is 2.58. The van der Waals surface area contributed by atoms with Crippen molar-refractivity contribution in [3.05, 3.63) is 12.2 Å². The average molecular weight is 267 g/mol. The van der Waals surface area contributed by atoms with E-state index in [-0.39, 0.29) is 36.8 Å². The summed E-state index contributed by atoms with van der Waals surface area (Å²) in [5.74, 6) is -2.06. The molecule has 1 saturated heterocycles. The van der Waals surface area contributed by atoms with Crippen LogP contribution in [0.15, 0.2) is 12.2 Å². The van der Waals surface area contributed by atoms with Gasteiger partial charge in [-0.2, -0.15) is 0 Å². The van der Waals surface area contributed by atoms with Gasteiger partial charge < -0.3 is 9.47 Å². The Morgan fingerprint density at radius 3 is 2.37 bits per heavy atom. The molecule has 1 aliphatic carbocycles. The van der Waals surface area contributed by atoms with Crippen LogP contribution in [-0.2, 0) is 28.7 Å². The van der Waals surface area contributed by atoms with E-state index in [1.165, 1.54) is 7.11 Å².